The van der Waals surface area contributed by atoms with E-state index in [1.54, 1.807) is 16.2 Å². The third-order valence-electron chi connectivity index (χ3n) is 3.16. The van der Waals surface area contributed by atoms with Crippen molar-refractivity contribution in [1.82, 2.24) is 4.90 Å². The standard InChI is InChI=1S/C12H16ClNOS/c1-8(7-13)14(2)12(15)11-6-9-4-3-5-10(9)16-11/h6,8H,3-5,7H2,1-2H3. The van der Waals surface area contributed by atoms with Crippen molar-refractivity contribution in [2.75, 3.05) is 12.9 Å². The maximum atomic E-state index is 12.1. The minimum Gasteiger partial charge on any atom is -0.337 e. The molecule has 88 valence electrons. The summed E-state index contributed by atoms with van der Waals surface area (Å²) < 4.78 is 0. The molecule has 1 amide bonds. The van der Waals surface area contributed by atoms with Crippen molar-refractivity contribution in [2.45, 2.75) is 32.2 Å². The molecule has 0 aliphatic heterocycles. The van der Waals surface area contributed by atoms with Gasteiger partial charge in [-0.2, -0.15) is 0 Å². The van der Waals surface area contributed by atoms with Crippen LogP contribution < -0.4 is 0 Å². The molecule has 0 fully saturated rings. The molecule has 0 N–H and O–H groups in total. The Morgan fingerprint density at radius 3 is 3.00 bits per heavy atom. The first-order valence-corrected chi connectivity index (χ1v) is 6.93. The number of alkyl halides is 1. The number of halogens is 1. The van der Waals surface area contributed by atoms with Gasteiger partial charge in [0.25, 0.3) is 5.91 Å². The highest BCUT2D eigenvalue weighted by molar-refractivity contribution is 7.14. The van der Waals surface area contributed by atoms with Crippen LogP contribution in [0.15, 0.2) is 6.07 Å². The van der Waals surface area contributed by atoms with Crippen LogP contribution in [0.4, 0.5) is 0 Å². The highest BCUT2D eigenvalue weighted by Gasteiger charge is 2.22. The van der Waals surface area contributed by atoms with Gasteiger partial charge in [0.15, 0.2) is 0 Å². The number of rotatable bonds is 3. The molecule has 1 heterocycles. The minimum absolute atomic E-state index is 0.0890. The second-order valence-corrected chi connectivity index (χ2v) is 5.78. The summed E-state index contributed by atoms with van der Waals surface area (Å²) in [5.74, 6) is 0.584. The van der Waals surface area contributed by atoms with Crippen molar-refractivity contribution in [3.8, 4) is 0 Å². The van der Waals surface area contributed by atoms with Gasteiger partial charge in [0, 0.05) is 23.8 Å². The second-order valence-electron chi connectivity index (χ2n) is 4.33. The lowest BCUT2D eigenvalue weighted by Gasteiger charge is -2.22. The molecule has 0 radical (unpaired) electrons. The Bertz CT molecular complexity index is 380. The molecular formula is C12H16ClNOS. The predicted molar refractivity (Wildman–Crippen MR) is 68.6 cm³/mol. The van der Waals surface area contributed by atoms with Crippen molar-refractivity contribution in [1.29, 1.82) is 0 Å². The Morgan fingerprint density at radius 1 is 1.62 bits per heavy atom. The van der Waals surface area contributed by atoms with Gasteiger partial charge in [0.2, 0.25) is 0 Å². The number of amides is 1. The lowest BCUT2D eigenvalue weighted by molar-refractivity contribution is 0.0761. The van der Waals surface area contributed by atoms with Gasteiger partial charge in [-0.3, -0.25) is 4.79 Å². The van der Waals surface area contributed by atoms with Crippen LogP contribution in [0.3, 0.4) is 0 Å². The first-order valence-electron chi connectivity index (χ1n) is 5.58. The van der Waals surface area contributed by atoms with Crippen LogP contribution in [-0.2, 0) is 12.8 Å². The van der Waals surface area contributed by atoms with Crippen LogP contribution in [0.25, 0.3) is 0 Å². The number of thiophene rings is 1. The lowest BCUT2D eigenvalue weighted by atomic mass is 10.2. The summed E-state index contributed by atoms with van der Waals surface area (Å²) in [5.41, 5.74) is 1.38. The number of carbonyl (C=O) groups excluding carboxylic acids is 1. The lowest BCUT2D eigenvalue weighted by Crippen LogP contribution is -2.35. The maximum Gasteiger partial charge on any atom is 0.263 e. The van der Waals surface area contributed by atoms with Crippen LogP contribution in [0.5, 0.6) is 0 Å². The quantitative estimate of drug-likeness (QED) is 0.763. The number of fused-ring (bicyclic) bond motifs is 1. The molecule has 1 atom stereocenters. The second kappa shape index (κ2) is 4.76. The molecule has 1 aliphatic rings. The molecule has 0 saturated carbocycles. The van der Waals surface area contributed by atoms with Crippen molar-refractivity contribution in [2.24, 2.45) is 0 Å². The van der Waals surface area contributed by atoms with Gasteiger partial charge in [-0.15, -0.1) is 22.9 Å². The number of aryl methyl sites for hydroxylation is 2. The molecule has 1 aliphatic carbocycles. The first-order chi connectivity index (χ1) is 7.63. The largest absolute Gasteiger partial charge is 0.337 e. The highest BCUT2D eigenvalue weighted by Crippen LogP contribution is 2.31. The monoisotopic (exact) mass is 257 g/mol. The fourth-order valence-electron chi connectivity index (χ4n) is 1.91. The number of nitrogens with zero attached hydrogens (tertiary/aromatic N) is 1. The zero-order chi connectivity index (χ0) is 11.7. The van der Waals surface area contributed by atoms with Crippen LogP contribution in [0, 0.1) is 0 Å². The van der Waals surface area contributed by atoms with Crippen molar-refractivity contribution >= 4 is 28.8 Å². The Morgan fingerprint density at radius 2 is 2.38 bits per heavy atom. The van der Waals surface area contributed by atoms with E-state index in [1.165, 1.54) is 16.9 Å². The molecule has 0 saturated heterocycles. The number of hydrogen-bond acceptors (Lipinski definition) is 2. The summed E-state index contributed by atoms with van der Waals surface area (Å²) >= 11 is 7.41. The number of carbonyl (C=O) groups is 1. The molecule has 0 aromatic carbocycles. The average molecular weight is 258 g/mol. The van der Waals surface area contributed by atoms with Crippen LogP contribution in [0.2, 0.25) is 0 Å². The van der Waals surface area contributed by atoms with Gasteiger partial charge in [-0.05, 0) is 37.8 Å². The molecule has 1 aromatic rings. The highest BCUT2D eigenvalue weighted by atomic mass is 35.5. The summed E-state index contributed by atoms with van der Waals surface area (Å²) in [7, 11) is 1.82. The van der Waals surface area contributed by atoms with Gasteiger partial charge in [0.05, 0.1) is 4.88 Å². The Balaban J connectivity index is 2.15. The minimum atomic E-state index is 0.0890. The molecule has 1 aromatic heterocycles. The summed E-state index contributed by atoms with van der Waals surface area (Å²) in [4.78, 5) is 16.1. The summed E-state index contributed by atoms with van der Waals surface area (Å²) in [6.07, 6.45) is 3.51. The van der Waals surface area contributed by atoms with E-state index in [4.69, 9.17) is 11.6 Å². The van der Waals surface area contributed by atoms with Gasteiger partial charge in [0.1, 0.15) is 0 Å². The van der Waals surface area contributed by atoms with E-state index in [1.807, 2.05) is 14.0 Å². The molecule has 1 unspecified atom stereocenters. The Labute approximate surface area is 105 Å². The maximum absolute atomic E-state index is 12.1. The predicted octanol–water partition coefficient (Wildman–Crippen LogP) is 2.94. The van der Waals surface area contributed by atoms with Gasteiger partial charge in [-0.1, -0.05) is 0 Å². The molecule has 4 heteroatoms. The Hall–Kier alpha value is -0.540. The van der Waals surface area contributed by atoms with Crippen LogP contribution in [0.1, 0.15) is 33.5 Å². The van der Waals surface area contributed by atoms with E-state index in [0.29, 0.717) is 5.88 Å². The normalized spacial score (nSPS) is 15.9. The van der Waals surface area contributed by atoms with E-state index in [2.05, 4.69) is 6.07 Å². The fraction of sp³-hybridized carbons (Fsp3) is 0.583. The molecular weight excluding hydrogens is 242 g/mol. The van der Waals surface area contributed by atoms with Crippen molar-refractivity contribution in [3.63, 3.8) is 0 Å². The SMILES string of the molecule is CC(CCl)N(C)C(=O)c1cc2c(s1)CCC2. The molecule has 2 rings (SSSR count). The van der Waals surface area contributed by atoms with Crippen LogP contribution in [-0.4, -0.2) is 29.8 Å². The molecule has 16 heavy (non-hydrogen) atoms. The summed E-state index contributed by atoms with van der Waals surface area (Å²) in [6, 6.07) is 2.15. The zero-order valence-electron chi connectivity index (χ0n) is 9.62. The molecule has 2 nitrogen and oxygen atoms in total. The van der Waals surface area contributed by atoms with E-state index < -0.39 is 0 Å². The summed E-state index contributed by atoms with van der Waals surface area (Å²) in [6.45, 7) is 1.96. The third-order valence-corrected chi connectivity index (χ3v) is 4.83. The average Bonchev–Trinajstić information content (AvgIpc) is 2.85. The molecule has 0 bridgehead atoms. The zero-order valence-corrected chi connectivity index (χ0v) is 11.2. The number of hydrogen-bond donors (Lipinski definition) is 0. The first kappa shape index (κ1) is 11.9. The topological polar surface area (TPSA) is 20.3 Å². The van der Waals surface area contributed by atoms with Gasteiger partial charge < -0.3 is 4.90 Å². The van der Waals surface area contributed by atoms with Crippen molar-refractivity contribution in [3.05, 3.63) is 21.4 Å². The van der Waals surface area contributed by atoms with E-state index in [-0.39, 0.29) is 11.9 Å². The van der Waals surface area contributed by atoms with Crippen molar-refractivity contribution < 1.29 is 4.79 Å². The smallest absolute Gasteiger partial charge is 0.263 e. The Kier molecular flexibility index (Phi) is 3.55. The van der Waals surface area contributed by atoms with E-state index in [9.17, 15) is 4.79 Å². The molecule has 0 spiro atoms. The van der Waals surface area contributed by atoms with Gasteiger partial charge in [-0.25, -0.2) is 0 Å². The van der Waals surface area contributed by atoms with E-state index in [0.717, 1.165) is 17.7 Å². The fourth-order valence-corrected chi connectivity index (χ4v) is 3.36. The summed E-state index contributed by atoms with van der Waals surface area (Å²) in [5, 5.41) is 0. The van der Waals surface area contributed by atoms with Gasteiger partial charge >= 0.3 is 0 Å². The van der Waals surface area contributed by atoms with Crippen LogP contribution >= 0.6 is 22.9 Å². The van der Waals surface area contributed by atoms with E-state index >= 15 is 0 Å². The third kappa shape index (κ3) is 2.11.